The first-order chi connectivity index (χ1) is 11.3. The number of carboxylic acids is 1. The molecule has 2 aromatic carbocycles. The molecule has 0 aliphatic heterocycles. The zero-order valence-electron chi connectivity index (χ0n) is 12.3. The van der Waals surface area contributed by atoms with Gasteiger partial charge in [-0.3, -0.25) is 14.9 Å². The predicted molar refractivity (Wildman–Crippen MR) is 86.0 cm³/mol. The lowest BCUT2D eigenvalue weighted by Gasteiger charge is -2.09. The fourth-order valence-corrected chi connectivity index (χ4v) is 2.14. The van der Waals surface area contributed by atoms with Gasteiger partial charge in [0.2, 0.25) is 0 Å². The van der Waals surface area contributed by atoms with Crippen molar-refractivity contribution in [2.75, 3.05) is 12.4 Å². The second-order valence-corrected chi connectivity index (χ2v) is 5.03. The first-order valence-electron chi connectivity index (χ1n) is 6.50. The molecule has 124 valence electrons. The lowest BCUT2D eigenvalue weighted by molar-refractivity contribution is -0.385. The van der Waals surface area contributed by atoms with E-state index < -0.39 is 16.8 Å². The molecule has 0 heterocycles. The van der Waals surface area contributed by atoms with Crippen LogP contribution in [0.25, 0.3) is 0 Å². The van der Waals surface area contributed by atoms with Gasteiger partial charge in [0.05, 0.1) is 23.3 Å². The number of nitrogens with one attached hydrogen (secondary N) is 1. The third kappa shape index (κ3) is 3.61. The molecule has 2 N–H and O–H groups in total. The van der Waals surface area contributed by atoms with E-state index in [1.54, 1.807) is 0 Å². The Morgan fingerprint density at radius 2 is 1.96 bits per heavy atom. The molecular formula is C15H11ClN2O6. The average molecular weight is 351 g/mol. The second kappa shape index (κ2) is 6.97. The molecule has 0 saturated heterocycles. The number of amides is 1. The molecule has 0 aliphatic rings. The lowest BCUT2D eigenvalue weighted by Crippen LogP contribution is -2.15. The van der Waals surface area contributed by atoms with E-state index in [4.69, 9.17) is 21.4 Å². The van der Waals surface area contributed by atoms with Gasteiger partial charge in [0.1, 0.15) is 0 Å². The van der Waals surface area contributed by atoms with E-state index >= 15 is 0 Å². The highest BCUT2D eigenvalue weighted by atomic mass is 35.5. The molecule has 0 atom stereocenters. The van der Waals surface area contributed by atoms with Gasteiger partial charge in [-0.25, -0.2) is 4.79 Å². The number of methoxy groups -OCH3 is 1. The minimum atomic E-state index is -1.27. The van der Waals surface area contributed by atoms with Crippen LogP contribution < -0.4 is 10.1 Å². The Hall–Kier alpha value is -3.13. The van der Waals surface area contributed by atoms with Crippen molar-refractivity contribution in [3.63, 3.8) is 0 Å². The van der Waals surface area contributed by atoms with Crippen LogP contribution in [-0.4, -0.2) is 29.0 Å². The average Bonchev–Trinajstić information content (AvgIpc) is 2.55. The normalized spacial score (nSPS) is 10.1. The van der Waals surface area contributed by atoms with E-state index in [0.717, 1.165) is 6.07 Å². The Morgan fingerprint density at radius 3 is 2.54 bits per heavy atom. The van der Waals surface area contributed by atoms with Crippen LogP contribution in [0, 0.1) is 10.1 Å². The SMILES string of the molecule is COc1ccc(C(=O)Nc2ccc(Cl)cc2C(=O)O)cc1[N+](=O)[O-]. The number of halogens is 1. The van der Waals surface area contributed by atoms with E-state index in [-0.39, 0.29) is 33.3 Å². The summed E-state index contributed by atoms with van der Waals surface area (Å²) in [6.45, 7) is 0. The number of carbonyl (C=O) groups is 2. The van der Waals surface area contributed by atoms with Crippen molar-refractivity contribution in [2.45, 2.75) is 0 Å². The summed E-state index contributed by atoms with van der Waals surface area (Å²) < 4.78 is 4.86. The van der Waals surface area contributed by atoms with Gasteiger partial charge in [-0.2, -0.15) is 0 Å². The van der Waals surface area contributed by atoms with Gasteiger partial charge in [0.15, 0.2) is 5.75 Å². The molecule has 9 heteroatoms. The van der Waals surface area contributed by atoms with Gasteiger partial charge in [-0.05, 0) is 30.3 Å². The molecule has 0 aliphatic carbocycles. The Morgan fingerprint density at radius 1 is 1.25 bits per heavy atom. The Balaban J connectivity index is 2.36. The number of carbonyl (C=O) groups excluding carboxylic acids is 1. The number of carboxylic acid groups (broad SMARTS) is 1. The molecule has 0 bridgehead atoms. The number of nitro benzene ring substituents is 1. The standard InChI is InChI=1S/C15H11ClN2O6/c1-24-13-5-2-8(6-12(13)18(22)23)14(19)17-11-4-3-9(16)7-10(11)15(20)21/h2-7H,1H3,(H,17,19)(H,20,21). The summed E-state index contributed by atoms with van der Waals surface area (Å²) in [4.78, 5) is 33.8. The van der Waals surface area contributed by atoms with E-state index in [9.17, 15) is 19.7 Å². The third-order valence-electron chi connectivity index (χ3n) is 3.10. The van der Waals surface area contributed by atoms with Crippen LogP contribution in [-0.2, 0) is 0 Å². The zero-order chi connectivity index (χ0) is 17.9. The molecule has 0 aromatic heterocycles. The monoisotopic (exact) mass is 350 g/mol. The van der Waals surface area contributed by atoms with Crippen LogP contribution in [0.4, 0.5) is 11.4 Å². The van der Waals surface area contributed by atoms with Gasteiger partial charge in [-0.15, -0.1) is 0 Å². The van der Waals surface area contributed by atoms with Crippen LogP contribution in [0.5, 0.6) is 5.75 Å². The van der Waals surface area contributed by atoms with Crippen molar-refractivity contribution in [2.24, 2.45) is 0 Å². The number of nitrogens with zero attached hydrogens (tertiary/aromatic N) is 1. The van der Waals surface area contributed by atoms with Crippen molar-refractivity contribution in [3.8, 4) is 5.75 Å². The number of benzene rings is 2. The molecule has 0 saturated carbocycles. The quantitative estimate of drug-likeness (QED) is 0.631. The fraction of sp³-hybridized carbons (Fsp3) is 0.0667. The van der Waals surface area contributed by atoms with Crippen LogP contribution in [0.1, 0.15) is 20.7 Å². The smallest absolute Gasteiger partial charge is 0.337 e. The topological polar surface area (TPSA) is 119 Å². The largest absolute Gasteiger partial charge is 0.490 e. The molecule has 0 radical (unpaired) electrons. The highest BCUT2D eigenvalue weighted by Crippen LogP contribution is 2.28. The summed E-state index contributed by atoms with van der Waals surface area (Å²) in [5, 5.41) is 22.7. The van der Waals surface area contributed by atoms with Crippen molar-refractivity contribution in [1.82, 2.24) is 0 Å². The number of hydrogen-bond donors (Lipinski definition) is 2. The van der Waals surface area contributed by atoms with Crippen molar-refractivity contribution in [3.05, 3.63) is 62.7 Å². The first kappa shape index (κ1) is 17.2. The third-order valence-corrected chi connectivity index (χ3v) is 3.33. The fourth-order valence-electron chi connectivity index (χ4n) is 1.97. The molecule has 0 fully saturated rings. The van der Waals surface area contributed by atoms with E-state index in [2.05, 4.69) is 5.32 Å². The first-order valence-corrected chi connectivity index (χ1v) is 6.88. The van der Waals surface area contributed by atoms with E-state index in [1.165, 1.54) is 37.4 Å². The highest BCUT2D eigenvalue weighted by molar-refractivity contribution is 6.31. The van der Waals surface area contributed by atoms with Gasteiger partial charge in [-0.1, -0.05) is 11.6 Å². The number of rotatable bonds is 5. The number of anilines is 1. The summed E-state index contributed by atoms with van der Waals surface area (Å²) >= 11 is 5.74. The summed E-state index contributed by atoms with van der Waals surface area (Å²) in [6, 6.07) is 7.60. The molecule has 2 rings (SSSR count). The second-order valence-electron chi connectivity index (χ2n) is 4.59. The van der Waals surface area contributed by atoms with E-state index in [1.807, 2.05) is 0 Å². The Labute approximate surface area is 140 Å². The maximum absolute atomic E-state index is 12.2. The minimum Gasteiger partial charge on any atom is -0.490 e. The molecule has 2 aromatic rings. The summed E-state index contributed by atoms with van der Waals surface area (Å²) in [5.74, 6) is -1.96. The molecule has 0 unspecified atom stereocenters. The summed E-state index contributed by atoms with van der Waals surface area (Å²) in [7, 11) is 1.27. The maximum atomic E-state index is 12.2. The van der Waals surface area contributed by atoms with Crippen LogP contribution >= 0.6 is 11.6 Å². The van der Waals surface area contributed by atoms with Crippen LogP contribution in [0.2, 0.25) is 5.02 Å². The minimum absolute atomic E-state index is 0.00858. The molecule has 24 heavy (non-hydrogen) atoms. The summed E-state index contributed by atoms with van der Waals surface area (Å²) in [6.07, 6.45) is 0. The molecular weight excluding hydrogens is 340 g/mol. The predicted octanol–water partition coefficient (Wildman–Crippen LogP) is 3.21. The number of aromatic carboxylic acids is 1. The van der Waals surface area contributed by atoms with Gasteiger partial charge < -0.3 is 15.2 Å². The Kier molecular flexibility index (Phi) is 5.00. The van der Waals surface area contributed by atoms with Crippen molar-refractivity contribution in [1.29, 1.82) is 0 Å². The molecule has 0 spiro atoms. The molecule has 1 amide bonds. The van der Waals surface area contributed by atoms with Crippen LogP contribution in [0.3, 0.4) is 0 Å². The lowest BCUT2D eigenvalue weighted by atomic mass is 10.1. The number of nitro groups is 1. The van der Waals surface area contributed by atoms with Gasteiger partial charge >= 0.3 is 11.7 Å². The summed E-state index contributed by atoms with van der Waals surface area (Å²) in [5.41, 5.74) is -0.567. The van der Waals surface area contributed by atoms with Gasteiger partial charge in [0.25, 0.3) is 5.91 Å². The zero-order valence-corrected chi connectivity index (χ0v) is 13.0. The maximum Gasteiger partial charge on any atom is 0.337 e. The highest BCUT2D eigenvalue weighted by Gasteiger charge is 2.19. The molecule has 8 nitrogen and oxygen atoms in total. The van der Waals surface area contributed by atoms with Crippen LogP contribution in [0.15, 0.2) is 36.4 Å². The van der Waals surface area contributed by atoms with Crippen molar-refractivity contribution >= 4 is 34.9 Å². The number of hydrogen-bond acceptors (Lipinski definition) is 5. The van der Waals surface area contributed by atoms with Crippen molar-refractivity contribution < 1.29 is 24.4 Å². The number of ether oxygens (including phenoxy) is 1. The Bertz CT molecular complexity index is 837. The van der Waals surface area contributed by atoms with Gasteiger partial charge in [0, 0.05) is 16.7 Å². The van der Waals surface area contributed by atoms with E-state index in [0.29, 0.717) is 0 Å².